The number of carbonyl (C=O) groups is 3. The highest BCUT2D eigenvalue weighted by molar-refractivity contribution is 6.06. The van der Waals surface area contributed by atoms with E-state index in [1.165, 1.54) is 52.7 Å². The van der Waals surface area contributed by atoms with Gasteiger partial charge in [-0.25, -0.2) is 0 Å². The van der Waals surface area contributed by atoms with E-state index in [0.717, 1.165) is 64.9 Å². The van der Waals surface area contributed by atoms with Gasteiger partial charge in [-0.3, -0.25) is 28.4 Å². The first-order valence-corrected chi connectivity index (χ1v) is 32.7. The van der Waals surface area contributed by atoms with Crippen LogP contribution < -0.4 is 49.1 Å². The highest BCUT2D eigenvalue weighted by Gasteiger charge is 2.38. The topological polar surface area (TPSA) is 391 Å². The quantitative estimate of drug-likeness (QED) is 0.0365. The molecule has 28 nitrogen and oxygen atoms in total. The number of nitriles is 3. The lowest BCUT2D eigenvalue weighted by Crippen LogP contribution is -2.40. The number of aliphatic hydroxyl groups is 3. The summed E-state index contributed by atoms with van der Waals surface area (Å²) in [5.74, 6) is -0.0729. The number of anilines is 3. The van der Waals surface area contributed by atoms with Crippen LogP contribution in [0.2, 0.25) is 0 Å². The van der Waals surface area contributed by atoms with Crippen LogP contribution >= 0.6 is 0 Å². The van der Waals surface area contributed by atoms with Gasteiger partial charge in [-0.05, 0) is 126 Å². The van der Waals surface area contributed by atoms with Crippen molar-refractivity contribution >= 4 is 67.5 Å². The number of rotatable bonds is 17. The Morgan fingerprint density at radius 3 is 1.16 bits per heavy atom. The number of carbonyl (C=O) groups excluding carboxylic acids is 3. The molecule has 28 heteroatoms. The van der Waals surface area contributed by atoms with E-state index in [9.17, 15) is 45.3 Å². The first kappa shape index (κ1) is 69.2. The molecule has 4 saturated carbocycles. The fourth-order valence-electron chi connectivity index (χ4n) is 13.2. The molecule has 13 rings (SSSR count). The smallest absolute Gasteiger partial charge is 0.379 e. The predicted octanol–water partition coefficient (Wildman–Crippen LogP) is 9.27. The summed E-state index contributed by atoms with van der Waals surface area (Å²) >= 11 is 0. The van der Waals surface area contributed by atoms with Gasteiger partial charge in [0.2, 0.25) is 0 Å². The SMILES string of the molecule is COc1cc2nn(C3CCC(O)(CC#N)CC3)cc2cc1NC(=O)c1cccc(C)[n+]1[O-].COc1cc2nn(C3CCC(O)(CC#N)CC3)cc2cc1NC(=O)c1cccc(C2CC2)[n+]1[O-].COc1cc2nn(C3CCC(O)(CC#N)CC3)cc2cc1NC(=O)c1cccc(OC)[n+]1[O-]. The van der Waals surface area contributed by atoms with Crippen molar-refractivity contribution in [2.24, 2.45) is 0 Å². The fraction of sp³-hybridized carbons (Fsp3) is 0.408. The minimum absolute atomic E-state index is 0.00472. The van der Waals surface area contributed by atoms with E-state index >= 15 is 0 Å². The summed E-state index contributed by atoms with van der Waals surface area (Å²) in [5.41, 5.74) is 1.70. The Morgan fingerprint density at radius 1 is 0.495 bits per heavy atom. The number of pyridine rings is 3. The Labute approximate surface area is 569 Å². The molecule has 3 aromatic carbocycles. The molecule has 6 heterocycles. The van der Waals surface area contributed by atoms with Gasteiger partial charge in [-0.15, -0.1) is 4.73 Å². The summed E-state index contributed by atoms with van der Waals surface area (Å²) in [6, 6.07) is 31.4. The summed E-state index contributed by atoms with van der Waals surface area (Å²) in [5, 5.41) is 120. The van der Waals surface area contributed by atoms with Crippen LogP contribution in [0.5, 0.6) is 23.1 Å². The molecule has 0 aliphatic heterocycles. The van der Waals surface area contributed by atoms with Crippen molar-refractivity contribution in [2.45, 2.75) is 157 Å². The third-order valence-electron chi connectivity index (χ3n) is 19.2. The van der Waals surface area contributed by atoms with Crippen LogP contribution in [0.15, 0.2) is 110 Å². The van der Waals surface area contributed by atoms with Crippen molar-refractivity contribution in [3.8, 4) is 41.3 Å². The lowest BCUT2D eigenvalue weighted by molar-refractivity contribution is -0.616. The lowest BCUT2D eigenvalue weighted by Gasteiger charge is -2.34. The van der Waals surface area contributed by atoms with Gasteiger partial charge in [-0.2, -0.15) is 40.5 Å². The van der Waals surface area contributed by atoms with E-state index in [1.807, 2.05) is 32.6 Å². The molecule has 0 radical (unpaired) electrons. The number of methoxy groups -OCH3 is 4. The van der Waals surface area contributed by atoms with Crippen LogP contribution in [0.25, 0.3) is 32.7 Å². The standard InChI is InChI=1S/C25H27N5O4.C23H25N5O5.C23H25N5O4/c1-34-23-14-19-17(15-29(28-19)18-7-9-25(32,10-8-18)11-12-26)13-20(23)27-24(31)22-4-2-3-21(30(22)33)16-5-6-16;1-32-20-13-17-15(14-27(26-17)16-6-8-23(30,9-7-16)10-11-24)12-18(20)25-22(29)19-4-3-5-21(33-2)28(19)31;1-15-4-3-5-20(28(15)31)22(29)25-19-12-16-14-27(26-18(16)13-21(19)32-2)17-6-8-23(30,9-7-17)10-11-24/h2-4,13-16,18,32H,5-11H2,1H3,(H,27,31);3-5,12-14,16,30H,6-10H2,1-2H3,(H,25,29);3-5,12-14,17,30H,6-10H2,1-2H3,(H,25,29). The highest BCUT2D eigenvalue weighted by Crippen LogP contribution is 2.43. The number of fused-ring (bicyclic) bond motifs is 3. The molecule has 0 saturated heterocycles. The van der Waals surface area contributed by atoms with Gasteiger partial charge < -0.3 is 65.8 Å². The van der Waals surface area contributed by atoms with Gasteiger partial charge in [0, 0.05) is 96.1 Å². The predicted molar refractivity (Wildman–Crippen MR) is 360 cm³/mol. The molecule has 3 amide bonds. The Bertz CT molecular complexity index is 4630. The molecule has 0 bridgehead atoms. The third kappa shape index (κ3) is 15.4. The second-order valence-electron chi connectivity index (χ2n) is 25.9. The number of benzene rings is 3. The Morgan fingerprint density at radius 2 is 0.828 bits per heavy atom. The maximum absolute atomic E-state index is 12.9. The normalized spacial score (nSPS) is 21.1. The summed E-state index contributed by atoms with van der Waals surface area (Å²) in [7, 11) is 5.87. The van der Waals surface area contributed by atoms with Crippen LogP contribution in [0.1, 0.15) is 176 Å². The molecule has 514 valence electrons. The first-order chi connectivity index (χ1) is 47.6. The summed E-state index contributed by atoms with van der Waals surface area (Å²) in [6.45, 7) is 1.64. The van der Waals surface area contributed by atoms with Crippen molar-refractivity contribution in [1.29, 1.82) is 15.8 Å². The Balaban J connectivity index is 0.000000150. The maximum Gasteiger partial charge on any atom is 0.379 e. The molecular formula is C71H77N15O13. The molecule has 4 aliphatic rings. The average Bonchev–Trinajstić information content (AvgIpc) is 1.69. The van der Waals surface area contributed by atoms with Gasteiger partial charge in [-0.1, -0.05) is 0 Å². The monoisotopic (exact) mass is 1350 g/mol. The second kappa shape index (κ2) is 29.3. The van der Waals surface area contributed by atoms with Crippen molar-refractivity contribution in [1.82, 2.24) is 29.3 Å². The minimum atomic E-state index is -0.920. The molecule has 0 atom stereocenters. The van der Waals surface area contributed by atoms with Crippen LogP contribution in [0.3, 0.4) is 0 Å². The number of hydrogen-bond acceptors (Lipinski definition) is 19. The highest BCUT2D eigenvalue weighted by atomic mass is 16.5. The van der Waals surface area contributed by atoms with E-state index < -0.39 is 34.5 Å². The molecule has 4 aliphatic carbocycles. The number of hydrogen-bond donors (Lipinski definition) is 6. The molecule has 0 spiro atoms. The third-order valence-corrected chi connectivity index (χ3v) is 19.2. The number of aromatic nitrogens is 9. The van der Waals surface area contributed by atoms with Gasteiger partial charge >= 0.3 is 23.6 Å². The maximum atomic E-state index is 12.9. The van der Waals surface area contributed by atoms with E-state index in [0.29, 0.717) is 118 Å². The Hall–Kier alpha value is -11.1. The molecular weight excluding hydrogens is 1270 g/mol. The Kier molecular flexibility index (Phi) is 20.5. The van der Waals surface area contributed by atoms with Gasteiger partial charge in [0.15, 0.2) is 11.4 Å². The molecule has 6 aromatic heterocycles. The van der Waals surface area contributed by atoms with Crippen LogP contribution in [-0.4, -0.2) is 108 Å². The lowest BCUT2D eigenvalue weighted by atomic mass is 9.80. The summed E-state index contributed by atoms with van der Waals surface area (Å²) in [6.07, 6.45) is 15.7. The molecule has 0 unspecified atom stereocenters. The fourth-order valence-corrected chi connectivity index (χ4v) is 13.2. The van der Waals surface area contributed by atoms with Crippen LogP contribution in [0, 0.1) is 56.5 Å². The largest absolute Gasteiger partial charge is 0.618 e. The van der Waals surface area contributed by atoms with Crippen LogP contribution in [-0.2, 0) is 0 Å². The minimum Gasteiger partial charge on any atom is -0.618 e. The number of nitrogens with zero attached hydrogens (tertiary/aromatic N) is 12. The first-order valence-electron chi connectivity index (χ1n) is 32.7. The van der Waals surface area contributed by atoms with Crippen LogP contribution in [0.4, 0.5) is 17.1 Å². The zero-order valence-electron chi connectivity index (χ0n) is 55.5. The van der Waals surface area contributed by atoms with E-state index in [4.69, 9.17) is 39.8 Å². The summed E-state index contributed by atoms with van der Waals surface area (Å²) in [4.78, 5) is 38.4. The van der Waals surface area contributed by atoms with E-state index in [-0.39, 0.29) is 66.3 Å². The van der Waals surface area contributed by atoms with Crippen molar-refractivity contribution in [3.05, 3.63) is 154 Å². The number of ether oxygens (including phenoxy) is 4. The molecule has 4 fully saturated rings. The van der Waals surface area contributed by atoms with Gasteiger partial charge in [0.1, 0.15) is 17.2 Å². The van der Waals surface area contributed by atoms with Crippen molar-refractivity contribution in [3.63, 3.8) is 0 Å². The zero-order valence-corrected chi connectivity index (χ0v) is 55.5. The molecule has 6 N–H and O–H groups in total. The van der Waals surface area contributed by atoms with E-state index in [2.05, 4.69) is 44.4 Å². The van der Waals surface area contributed by atoms with Gasteiger partial charge in [0.25, 0.3) is 17.1 Å². The number of aryl methyl sites for hydroxylation is 1. The molecule has 9 aromatic rings. The molecule has 99 heavy (non-hydrogen) atoms. The number of nitrogens with one attached hydrogen (secondary N) is 3. The van der Waals surface area contributed by atoms with Crippen molar-refractivity contribution in [2.75, 3.05) is 44.4 Å². The summed E-state index contributed by atoms with van der Waals surface area (Å²) < 4.78 is 28.7. The van der Waals surface area contributed by atoms with E-state index in [1.54, 1.807) is 73.7 Å². The second-order valence-corrected chi connectivity index (χ2v) is 25.9. The zero-order chi connectivity index (χ0) is 70.3. The van der Waals surface area contributed by atoms with Crippen molar-refractivity contribution < 1.29 is 62.8 Å². The van der Waals surface area contributed by atoms with Gasteiger partial charge in [0.05, 0.1) is 141 Å². The average molecular weight is 1350 g/mol. The number of amides is 3.